The fraction of sp³-hybridized carbons (Fsp3) is 0.571. The summed E-state index contributed by atoms with van der Waals surface area (Å²) in [6, 6.07) is 1.67. The molecule has 0 fully saturated rings. The van der Waals surface area contributed by atoms with Crippen LogP contribution >= 0.6 is 11.3 Å². The molecule has 5 nitrogen and oxygen atoms in total. The molecule has 0 saturated carbocycles. The highest BCUT2D eigenvalue weighted by atomic mass is 32.1. The Balaban J connectivity index is 2.86. The van der Waals surface area contributed by atoms with E-state index < -0.39 is 0 Å². The van der Waals surface area contributed by atoms with Gasteiger partial charge in [-0.1, -0.05) is 13.8 Å². The maximum absolute atomic E-state index is 12.5. The fourth-order valence-electron chi connectivity index (χ4n) is 1.78. The highest BCUT2D eigenvalue weighted by molar-refractivity contribution is 7.14. The number of rotatable bonds is 6. The lowest BCUT2D eigenvalue weighted by atomic mass is 10.2. The zero-order chi connectivity index (χ0) is 15.3. The molecular weight excluding hydrogens is 276 g/mol. The molecule has 1 aromatic rings. The van der Waals surface area contributed by atoms with Crippen LogP contribution in [0.5, 0.6) is 0 Å². The van der Waals surface area contributed by atoms with Gasteiger partial charge in [0.2, 0.25) is 0 Å². The molecule has 0 unspecified atom stereocenters. The molecule has 0 spiro atoms. The summed E-state index contributed by atoms with van der Waals surface area (Å²) < 4.78 is 4.91. The van der Waals surface area contributed by atoms with Crippen LogP contribution < -0.4 is 5.73 Å². The summed E-state index contributed by atoms with van der Waals surface area (Å²) in [6.07, 6.45) is 0. The molecule has 0 bridgehead atoms. The molecule has 2 N–H and O–H groups in total. The van der Waals surface area contributed by atoms with Crippen molar-refractivity contribution in [2.24, 2.45) is 5.92 Å². The Kier molecular flexibility index (Phi) is 6.01. The van der Waals surface area contributed by atoms with E-state index in [1.54, 1.807) is 13.0 Å². The van der Waals surface area contributed by atoms with Crippen molar-refractivity contribution in [1.82, 2.24) is 4.90 Å². The topological polar surface area (TPSA) is 72.6 Å². The maximum Gasteiger partial charge on any atom is 0.325 e. The van der Waals surface area contributed by atoms with Crippen molar-refractivity contribution in [3.63, 3.8) is 0 Å². The number of nitrogens with zero attached hydrogens (tertiary/aromatic N) is 1. The molecule has 6 heteroatoms. The van der Waals surface area contributed by atoms with Gasteiger partial charge in [0.15, 0.2) is 0 Å². The summed E-state index contributed by atoms with van der Waals surface area (Å²) in [5.74, 6) is -0.286. The van der Waals surface area contributed by atoms with Crippen LogP contribution in [0, 0.1) is 12.8 Å². The zero-order valence-electron chi connectivity index (χ0n) is 12.4. The first-order valence-corrected chi connectivity index (χ1v) is 7.47. The first-order valence-electron chi connectivity index (χ1n) is 6.65. The van der Waals surface area contributed by atoms with Gasteiger partial charge < -0.3 is 15.4 Å². The van der Waals surface area contributed by atoms with E-state index in [-0.39, 0.29) is 24.3 Å². The summed E-state index contributed by atoms with van der Waals surface area (Å²) in [5.41, 5.74) is 6.39. The smallest absolute Gasteiger partial charge is 0.325 e. The lowest BCUT2D eigenvalue weighted by molar-refractivity contribution is -0.143. The van der Waals surface area contributed by atoms with Crippen molar-refractivity contribution < 1.29 is 14.3 Å². The van der Waals surface area contributed by atoms with Crippen LogP contribution in [-0.2, 0) is 9.53 Å². The summed E-state index contributed by atoms with van der Waals surface area (Å²) in [6.45, 7) is 8.41. The maximum atomic E-state index is 12.5. The van der Waals surface area contributed by atoms with E-state index in [1.807, 2.05) is 20.8 Å². The predicted octanol–water partition coefficient (Wildman–Crippen LogP) is 2.30. The average Bonchev–Trinajstić information content (AvgIpc) is 2.67. The number of hydrogen-bond acceptors (Lipinski definition) is 5. The van der Waals surface area contributed by atoms with E-state index in [0.717, 1.165) is 4.88 Å². The molecule has 0 aromatic carbocycles. The zero-order valence-corrected chi connectivity index (χ0v) is 13.3. The molecule has 0 atom stereocenters. The average molecular weight is 298 g/mol. The van der Waals surface area contributed by atoms with Crippen LogP contribution in [0.3, 0.4) is 0 Å². The fourth-order valence-corrected chi connectivity index (χ4v) is 2.69. The van der Waals surface area contributed by atoms with Gasteiger partial charge in [-0.2, -0.15) is 0 Å². The number of nitrogen functional groups attached to an aromatic ring is 1. The van der Waals surface area contributed by atoms with Crippen LogP contribution in [0.25, 0.3) is 0 Å². The van der Waals surface area contributed by atoms with Crippen LogP contribution in [-0.4, -0.2) is 36.5 Å². The van der Waals surface area contributed by atoms with Crippen molar-refractivity contribution in [3.8, 4) is 0 Å². The van der Waals surface area contributed by atoms with E-state index in [9.17, 15) is 9.59 Å². The van der Waals surface area contributed by atoms with Gasteiger partial charge in [0, 0.05) is 17.1 Å². The molecule has 1 heterocycles. The normalized spacial score (nSPS) is 10.7. The first kappa shape index (κ1) is 16.5. The predicted molar refractivity (Wildman–Crippen MR) is 80.8 cm³/mol. The Morgan fingerprint density at radius 3 is 2.55 bits per heavy atom. The molecule has 112 valence electrons. The molecule has 1 aromatic heterocycles. The molecule has 1 rings (SSSR count). The van der Waals surface area contributed by atoms with Gasteiger partial charge in [-0.15, -0.1) is 11.3 Å². The molecule has 0 aliphatic rings. The van der Waals surface area contributed by atoms with E-state index in [4.69, 9.17) is 10.5 Å². The van der Waals surface area contributed by atoms with Gasteiger partial charge in [0.25, 0.3) is 5.91 Å². The molecule has 0 aliphatic heterocycles. The molecular formula is C14H22N2O3S. The minimum atomic E-state index is -0.386. The third kappa shape index (κ3) is 4.52. The Hall–Kier alpha value is -1.56. The third-order valence-electron chi connectivity index (χ3n) is 2.66. The largest absolute Gasteiger partial charge is 0.465 e. The summed E-state index contributed by atoms with van der Waals surface area (Å²) in [7, 11) is 0. The Morgan fingerprint density at radius 1 is 1.45 bits per heavy atom. The third-order valence-corrected chi connectivity index (χ3v) is 3.72. The van der Waals surface area contributed by atoms with Crippen LogP contribution in [0.4, 0.5) is 5.69 Å². The molecule has 1 amide bonds. The lowest BCUT2D eigenvalue weighted by Gasteiger charge is -2.23. The second-order valence-corrected chi connectivity index (χ2v) is 6.26. The first-order chi connectivity index (χ1) is 9.35. The van der Waals surface area contributed by atoms with Crippen LogP contribution in [0.15, 0.2) is 6.07 Å². The SMILES string of the molecule is CCOC(=O)CN(CC(C)C)C(=O)c1cc(N)c(C)s1. The molecule has 20 heavy (non-hydrogen) atoms. The van der Waals surface area contributed by atoms with Gasteiger partial charge in [-0.3, -0.25) is 9.59 Å². The number of ether oxygens (including phenoxy) is 1. The number of nitrogens with two attached hydrogens (primary N) is 1. The number of anilines is 1. The molecule has 0 saturated heterocycles. The van der Waals surface area contributed by atoms with Gasteiger partial charge in [-0.25, -0.2) is 0 Å². The van der Waals surface area contributed by atoms with Crippen LogP contribution in [0.2, 0.25) is 0 Å². The van der Waals surface area contributed by atoms with Crippen LogP contribution in [0.1, 0.15) is 35.3 Å². The minimum absolute atomic E-state index is 0.0261. The minimum Gasteiger partial charge on any atom is -0.465 e. The van der Waals surface area contributed by atoms with Gasteiger partial charge in [0.05, 0.1) is 11.5 Å². The summed E-state index contributed by atoms with van der Waals surface area (Å²) >= 11 is 1.35. The number of thiophene rings is 1. The van der Waals surface area contributed by atoms with Gasteiger partial charge in [0.1, 0.15) is 6.54 Å². The van der Waals surface area contributed by atoms with Crippen molar-refractivity contribution in [3.05, 3.63) is 15.8 Å². The Labute approximate surface area is 123 Å². The Bertz CT molecular complexity index is 463. The number of aryl methyl sites for hydroxylation is 1. The van der Waals surface area contributed by atoms with Crippen molar-refractivity contribution in [1.29, 1.82) is 0 Å². The van der Waals surface area contributed by atoms with Gasteiger partial charge in [-0.05, 0) is 25.8 Å². The summed E-state index contributed by atoms with van der Waals surface area (Å²) in [4.78, 5) is 27.1. The number of esters is 1. The second-order valence-electron chi connectivity index (χ2n) is 5.01. The van der Waals surface area contributed by atoms with Crippen molar-refractivity contribution >= 4 is 28.9 Å². The van der Waals surface area contributed by atoms with E-state index in [1.165, 1.54) is 16.2 Å². The lowest BCUT2D eigenvalue weighted by Crippen LogP contribution is -2.38. The van der Waals surface area contributed by atoms with Crippen molar-refractivity contribution in [2.75, 3.05) is 25.4 Å². The summed E-state index contributed by atoms with van der Waals surface area (Å²) in [5, 5.41) is 0. The number of carbonyl (C=O) groups is 2. The standard InChI is InChI=1S/C14H22N2O3S/c1-5-19-13(17)8-16(7-9(2)3)14(18)12-6-11(15)10(4)20-12/h6,9H,5,7-8,15H2,1-4H3. The quantitative estimate of drug-likeness (QED) is 0.818. The van der Waals surface area contributed by atoms with E-state index >= 15 is 0 Å². The van der Waals surface area contributed by atoms with E-state index in [0.29, 0.717) is 23.7 Å². The van der Waals surface area contributed by atoms with Gasteiger partial charge >= 0.3 is 5.97 Å². The highest BCUT2D eigenvalue weighted by Crippen LogP contribution is 2.24. The van der Waals surface area contributed by atoms with E-state index in [2.05, 4.69) is 0 Å². The molecule has 0 aliphatic carbocycles. The molecule has 0 radical (unpaired) electrons. The number of carbonyl (C=O) groups excluding carboxylic acids is 2. The highest BCUT2D eigenvalue weighted by Gasteiger charge is 2.22. The number of hydrogen-bond donors (Lipinski definition) is 1. The Morgan fingerprint density at radius 2 is 2.10 bits per heavy atom. The second kappa shape index (κ2) is 7.28. The van der Waals surface area contributed by atoms with Crippen molar-refractivity contribution in [2.45, 2.75) is 27.7 Å². The number of amides is 1. The monoisotopic (exact) mass is 298 g/mol.